The zero-order valence-corrected chi connectivity index (χ0v) is 22.2. The van der Waals surface area contributed by atoms with E-state index in [0.29, 0.717) is 12.8 Å². The predicted octanol–water partition coefficient (Wildman–Crippen LogP) is 3.25. The quantitative estimate of drug-likeness (QED) is 0.383. The number of ketones is 1. The molecule has 1 saturated carbocycles. The van der Waals surface area contributed by atoms with Crippen LogP contribution in [0.15, 0.2) is 42.5 Å². The van der Waals surface area contributed by atoms with Gasteiger partial charge in [-0.1, -0.05) is 63.3 Å². The smallest absolute Gasteiger partial charge is 0.303 e. The third kappa shape index (κ3) is 3.57. The van der Waals surface area contributed by atoms with Crippen LogP contribution in [0.5, 0.6) is 0 Å². The van der Waals surface area contributed by atoms with Crippen LogP contribution in [0.3, 0.4) is 0 Å². The molecular weight excluding hydrogens is 470 g/mol. The highest BCUT2D eigenvalue weighted by atomic mass is 16.6. The molecular formula is C30H37NO6. The van der Waals surface area contributed by atoms with Crippen molar-refractivity contribution < 1.29 is 28.6 Å². The highest BCUT2D eigenvalue weighted by Crippen LogP contribution is 2.68. The largest absolute Gasteiger partial charge is 0.458 e. The van der Waals surface area contributed by atoms with Crippen molar-refractivity contribution in [2.75, 3.05) is 0 Å². The molecule has 4 fully saturated rings. The van der Waals surface area contributed by atoms with Crippen LogP contribution in [0.25, 0.3) is 0 Å². The molecule has 12 atom stereocenters. The van der Waals surface area contributed by atoms with E-state index in [4.69, 9.17) is 14.2 Å². The first-order valence-corrected chi connectivity index (χ1v) is 13.7. The molecule has 3 aliphatic heterocycles. The number of hydrogen-bond donors (Lipinski definition) is 1. The molecule has 7 nitrogen and oxygen atoms in total. The normalized spacial score (nSPS) is 47.9. The number of nitrogens with one attached hydrogen (secondary N) is 1. The van der Waals surface area contributed by atoms with E-state index in [0.717, 1.165) is 5.56 Å². The Kier molecular flexibility index (Phi) is 5.70. The van der Waals surface area contributed by atoms with E-state index in [1.54, 1.807) is 0 Å². The van der Waals surface area contributed by atoms with E-state index in [1.807, 2.05) is 38.1 Å². The molecule has 37 heavy (non-hydrogen) atoms. The third-order valence-corrected chi connectivity index (χ3v) is 10.1. The molecule has 1 aromatic carbocycles. The Morgan fingerprint density at radius 2 is 1.86 bits per heavy atom. The summed E-state index contributed by atoms with van der Waals surface area (Å²) in [4.78, 5) is 40.1. The summed E-state index contributed by atoms with van der Waals surface area (Å²) in [7, 11) is 0. The first-order valence-electron chi connectivity index (χ1n) is 13.7. The molecule has 6 rings (SSSR count). The van der Waals surface area contributed by atoms with E-state index in [9.17, 15) is 14.4 Å². The van der Waals surface area contributed by atoms with Crippen molar-refractivity contribution in [3.05, 3.63) is 48.0 Å². The van der Waals surface area contributed by atoms with Gasteiger partial charge in [0.1, 0.15) is 23.4 Å². The van der Waals surface area contributed by atoms with Gasteiger partial charge in [-0.3, -0.25) is 14.4 Å². The molecule has 1 N–H and O–H groups in total. The zero-order valence-electron chi connectivity index (χ0n) is 22.2. The fourth-order valence-electron chi connectivity index (χ4n) is 8.01. The molecule has 198 valence electrons. The van der Waals surface area contributed by atoms with Crippen LogP contribution in [0.1, 0.15) is 46.6 Å². The van der Waals surface area contributed by atoms with Crippen LogP contribution in [0.2, 0.25) is 0 Å². The summed E-state index contributed by atoms with van der Waals surface area (Å²) < 4.78 is 18.7. The summed E-state index contributed by atoms with van der Waals surface area (Å²) in [6, 6.07) is 10.0. The van der Waals surface area contributed by atoms with Crippen LogP contribution in [0, 0.1) is 35.0 Å². The lowest BCUT2D eigenvalue weighted by Gasteiger charge is -2.49. The SMILES string of the molecule is CC(=O)OC1C2OC2C(C)C(=O)C(C)CC=CC2C3OC3(C)C(C)C3C(Cc4ccccc4)NC(=O)C213. The van der Waals surface area contributed by atoms with Crippen molar-refractivity contribution in [1.82, 2.24) is 5.32 Å². The van der Waals surface area contributed by atoms with Gasteiger partial charge in [-0.25, -0.2) is 0 Å². The summed E-state index contributed by atoms with van der Waals surface area (Å²) >= 11 is 0. The van der Waals surface area contributed by atoms with Crippen LogP contribution < -0.4 is 5.32 Å². The molecule has 0 bridgehead atoms. The number of Topliss-reactive ketones (excluding diaryl/α,β-unsaturated/α-hetero) is 1. The Morgan fingerprint density at radius 1 is 1.14 bits per heavy atom. The minimum atomic E-state index is -1.06. The number of ether oxygens (including phenoxy) is 3. The van der Waals surface area contributed by atoms with Gasteiger partial charge in [-0.2, -0.15) is 0 Å². The van der Waals surface area contributed by atoms with Gasteiger partial charge in [0.05, 0.1) is 17.8 Å². The highest BCUT2D eigenvalue weighted by Gasteiger charge is 2.80. The van der Waals surface area contributed by atoms with Gasteiger partial charge in [-0.05, 0) is 31.2 Å². The molecule has 5 aliphatic rings. The first kappa shape index (κ1) is 24.8. The maximum Gasteiger partial charge on any atom is 0.303 e. The lowest BCUT2D eigenvalue weighted by atomic mass is 9.50. The average molecular weight is 508 g/mol. The maximum atomic E-state index is 14.4. The number of hydrogen-bond acceptors (Lipinski definition) is 6. The number of esters is 1. The second kappa shape index (κ2) is 8.50. The lowest BCUT2D eigenvalue weighted by molar-refractivity contribution is -0.171. The summed E-state index contributed by atoms with van der Waals surface area (Å²) in [6.07, 6.45) is 3.51. The Labute approximate surface area is 218 Å². The fraction of sp³-hybridized carbons (Fsp3) is 0.633. The molecule has 12 unspecified atom stereocenters. The molecule has 2 aliphatic carbocycles. The summed E-state index contributed by atoms with van der Waals surface area (Å²) in [5.41, 5.74) is -0.288. The molecule has 3 heterocycles. The van der Waals surface area contributed by atoms with Crippen molar-refractivity contribution in [2.24, 2.45) is 35.0 Å². The minimum absolute atomic E-state index is 0.0353. The number of epoxide rings is 2. The average Bonchev–Trinajstić information content (AvgIpc) is 3.76. The molecule has 7 heteroatoms. The molecule has 1 spiro atoms. The van der Waals surface area contributed by atoms with Crippen LogP contribution in [0.4, 0.5) is 0 Å². The maximum absolute atomic E-state index is 14.4. The molecule has 3 saturated heterocycles. The first-order chi connectivity index (χ1) is 17.6. The van der Waals surface area contributed by atoms with Gasteiger partial charge >= 0.3 is 5.97 Å². The van der Waals surface area contributed by atoms with Crippen molar-refractivity contribution in [3.63, 3.8) is 0 Å². The Bertz CT molecular complexity index is 1150. The molecule has 0 radical (unpaired) electrons. The standard InChI is InChI=1S/C30H37NO6/c1-15-10-9-13-20-26-29(5,37-26)17(3)22-21(14-19-11-7-6-8-12-19)31-28(34)30(20,22)27(35-18(4)32)25-24(36-25)16(2)23(15)33/h6-9,11-13,15-17,20-22,24-27H,10,14H2,1-5H3,(H,31,34). The molecule has 1 amide bonds. The van der Waals surface area contributed by atoms with Gasteiger partial charge < -0.3 is 19.5 Å². The zero-order chi connectivity index (χ0) is 26.3. The van der Waals surface area contributed by atoms with Crippen LogP contribution in [-0.4, -0.2) is 53.7 Å². The van der Waals surface area contributed by atoms with E-state index < -0.39 is 23.6 Å². The number of carbonyl (C=O) groups excluding carboxylic acids is 3. The summed E-state index contributed by atoms with van der Waals surface area (Å²) in [5, 5.41) is 3.35. The fourth-order valence-corrected chi connectivity index (χ4v) is 8.01. The van der Waals surface area contributed by atoms with Gasteiger partial charge in [0.15, 0.2) is 0 Å². The van der Waals surface area contributed by atoms with Crippen LogP contribution in [-0.2, 0) is 35.0 Å². The monoisotopic (exact) mass is 507 g/mol. The topological polar surface area (TPSA) is 97.5 Å². The third-order valence-electron chi connectivity index (χ3n) is 10.1. The Morgan fingerprint density at radius 3 is 2.57 bits per heavy atom. The Balaban J connectivity index is 1.51. The van der Waals surface area contributed by atoms with Crippen molar-refractivity contribution in [1.29, 1.82) is 0 Å². The number of amides is 1. The highest BCUT2D eigenvalue weighted by molar-refractivity contribution is 5.89. The number of fused-ring (bicyclic) bond motifs is 3. The number of rotatable bonds is 3. The second-order valence-corrected chi connectivity index (χ2v) is 12.1. The number of allylic oxidation sites excluding steroid dienone is 1. The van der Waals surface area contributed by atoms with Gasteiger partial charge in [-0.15, -0.1) is 0 Å². The predicted molar refractivity (Wildman–Crippen MR) is 135 cm³/mol. The lowest BCUT2D eigenvalue weighted by Crippen LogP contribution is -2.62. The van der Waals surface area contributed by atoms with Gasteiger partial charge in [0.2, 0.25) is 5.91 Å². The second-order valence-electron chi connectivity index (χ2n) is 12.1. The van der Waals surface area contributed by atoms with E-state index in [2.05, 4.69) is 37.4 Å². The Hall–Kier alpha value is -2.51. The minimum Gasteiger partial charge on any atom is -0.458 e. The summed E-state index contributed by atoms with van der Waals surface area (Å²) in [5.74, 6) is -1.35. The molecule has 1 aromatic rings. The van der Waals surface area contributed by atoms with E-state index in [-0.39, 0.29) is 65.1 Å². The van der Waals surface area contributed by atoms with Crippen LogP contribution >= 0.6 is 0 Å². The van der Waals surface area contributed by atoms with E-state index >= 15 is 0 Å². The van der Waals surface area contributed by atoms with Gasteiger partial charge in [0.25, 0.3) is 0 Å². The van der Waals surface area contributed by atoms with Crippen molar-refractivity contribution in [2.45, 2.75) is 83.5 Å². The number of benzene rings is 1. The van der Waals surface area contributed by atoms with Crippen molar-refractivity contribution >= 4 is 17.7 Å². The summed E-state index contributed by atoms with van der Waals surface area (Å²) in [6.45, 7) is 9.52. The van der Waals surface area contributed by atoms with Gasteiger partial charge in [0, 0.05) is 36.6 Å². The van der Waals surface area contributed by atoms with E-state index in [1.165, 1.54) is 6.92 Å². The number of carbonyl (C=O) groups is 3. The molecule has 0 aromatic heterocycles. The van der Waals surface area contributed by atoms with Crippen molar-refractivity contribution in [3.8, 4) is 0 Å².